The lowest BCUT2D eigenvalue weighted by Gasteiger charge is -2.09. The molecule has 0 aliphatic rings. The van der Waals surface area contributed by atoms with Gasteiger partial charge in [-0.2, -0.15) is 0 Å². The number of esters is 1. The molecule has 0 radical (unpaired) electrons. The minimum absolute atomic E-state index is 0.154. The van der Waals surface area contributed by atoms with E-state index < -0.39 is 5.25 Å². The molecule has 0 spiro atoms. The monoisotopic (exact) mass is 411 g/mol. The zero-order chi connectivity index (χ0) is 19.8. The summed E-state index contributed by atoms with van der Waals surface area (Å²) in [5.41, 5.74) is 0.778. The first-order valence-corrected chi connectivity index (χ1v) is 9.84. The maximum atomic E-state index is 12.2. The highest BCUT2D eigenvalue weighted by atomic mass is 32.2. The molecule has 0 bridgehead atoms. The number of carbonyl (C=O) groups is 2. The summed E-state index contributed by atoms with van der Waals surface area (Å²) in [4.78, 5) is 23.9. The summed E-state index contributed by atoms with van der Waals surface area (Å²) < 4.78 is 16.0. The van der Waals surface area contributed by atoms with Crippen LogP contribution in [0, 0.1) is 0 Å². The fraction of sp³-hybridized carbons (Fsp3) is 0.412. The van der Waals surface area contributed by atoms with E-state index in [0.29, 0.717) is 27.6 Å². The first-order valence-electron chi connectivity index (χ1n) is 8.14. The van der Waals surface area contributed by atoms with Gasteiger partial charge >= 0.3 is 5.97 Å². The molecule has 1 aromatic heterocycles. The zero-order valence-electron chi connectivity index (χ0n) is 15.5. The van der Waals surface area contributed by atoms with E-state index in [4.69, 9.17) is 14.2 Å². The van der Waals surface area contributed by atoms with Crippen molar-refractivity contribution in [2.75, 3.05) is 26.1 Å². The molecule has 1 amide bonds. The van der Waals surface area contributed by atoms with Gasteiger partial charge in [0.25, 0.3) is 0 Å². The second-order valence-corrected chi connectivity index (χ2v) is 7.86. The predicted octanol–water partition coefficient (Wildman–Crippen LogP) is 2.78. The van der Waals surface area contributed by atoms with Crippen molar-refractivity contribution in [2.45, 2.75) is 29.9 Å². The van der Waals surface area contributed by atoms with Crippen LogP contribution in [-0.4, -0.2) is 48.2 Å². The van der Waals surface area contributed by atoms with Crippen molar-refractivity contribution < 1.29 is 23.8 Å². The Balaban J connectivity index is 1.93. The number of ether oxygens (including phenoxy) is 3. The summed E-state index contributed by atoms with van der Waals surface area (Å²) in [5, 5.41) is 10.6. The third-order valence-electron chi connectivity index (χ3n) is 3.36. The summed E-state index contributed by atoms with van der Waals surface area (Å²) >= 11 is 2.45. The number of methoxy groups -OCH3 is 2. The first-order chi connectivity index (χ1) is 13.0. The summed E-state index contributed by atoms with van der Waals surface area (Å²) in [6, 6.07) is 5.29. The van der Waals surface area contributed by atoms with Gasteiger partial charge in [-0.3, -0.25) is 9.59 Å². The van der Waals surface area contributed by atoms with Gasteiger partial charge in [0.05, 0.1) is 27.2 Å². The van der Waals surface area contributed by atoms with Gasteiger partial charge in [0, 0.05) is 0 Å². The van der Waals surface area contributed by atoms with Crippen LogP contribution in [0.25, 0.3) is 0 Å². The number of nitrogens with zero attached hydrogens (tertiary/aromatic N) is 2. The summed E-state index contributed by atoms with van der Waals surface area (Å²) in [7, 11) is 3.09. The number of benzene rings is 1. The Kier molecular flexibility index (Phi) is 7.86. The van der Waals surface area contributed by atoms with E-state index in [-0.39, 0.29) is 18.3 Å². The number of rotatable bonds is 9. The lowest BCUT2D eigenvalue weighted by molar-refractivity contribution is -0.142. The maximum Gasteiger partial charge on any atom is 0.319 e. The topological polar surface area (TPSA) is 99.6 Å². The number of thioether (sulfide) groups is 1. The normalized spacial score (nSPS) is 11.6. The maximum absolute atomic E-state index is 12.2. The molecule has 0 fully saturated rings. The van der Waals surface area contributed by atoms with E-state index in [9.17, 15) is 9.59 Å². The molecule has 1 unspecified atom stereocenters. The molecule has 2 aromatic rings. The van der Waals surface area contributed by atoms with Crippen LogP contribution >= 0.6 is 23.1 Å². The van der Waals surface area contributed by atoms with E-state index >= 15 is 0 Å². The number of hydrogen-bond donors (Lipinski definition) is 1. The molecule has 1 N–H and O–H groups in total. The molecule has 8 nitrogen and oxygen atoms in total. The number of hydrogen-bond acceptors (Lipinski definition) is 9. The average molecular weight is 412 g/mol. The van der Waals surface area contributed by atoms with Gasteiger partial charge in [0.15, 0.2) is 15.8 Å². The van der Waals surface area contributed by atoms with Crippen molar-refractivity contribution in [3.63, 3.8) is 0 Å². The Labute approximate surface area is 165 Å². The van der Waals surface area contributed by atoms with Crippen molar-refractivity contribution in [2.24, 2.45) is 0 Å². The van der Waals surface area contributed by atoms with E-state index in [1.165, 1.54) is 23.1 Å². The number of amides is 1. The van der Waals surface area contributed by atoms with Gasteiger partial charge in [-0.1, -0.05) is 29.2 Å². The molecule has 10 heteroatoms. The number of carbonyl (C=O) groups excluding carboxylic acids is 2. The highest BCUT2D eigenvalue weighted by Gasteiger charge is 2.18. The van der Waals surface area contributed by atoms with Crippen LogP contribution in [0.4, 0.5) is 5.13 Å². The lowest BCUT2D eigenvalue weighted by atomic mass is 10.1. The van der Waals surface area contributed by atoms with Crippen LogP contribution in [0.2, 0.25) is 0 Å². The Morgan fingerprint density at radius 2 is 1.96 bits per heavy atom. The minimum Gasteiger partial charge on any atom is -0.493 e. The number of anilines is 1. The molecule has 27 heavy (non-hydrogen) atoms. The summed E-state index contributed by atoms with van der Waals surface area (Å²) in [5.74, 6) is 0.624. The van der Waals surface area contributed by atoms with Crippen LogP contribution in [0.1, 0.15) is 19.4 Å². The van der Waals surface area contributed by atoms with E-state index in [0.717, 1.165) is 5.56 Å². The third-order valence-corrected chi connectivity index (χ3v) is 5.36. The molecule has 0 aliphatic carbocycles. The van der Waals surface area contributed by atoms with Gasteiger partial charge in [-0.25, -0.2) is 0 Å². The van der Waals surface area contributed by atoms with Crippen molar-refractivity contribution in [3.8, 4) is 11.5 Å². The summed E-state index contributed by atoms with van der Waals surface area (Å²) in [6.07, 6.45) is 0.154. The van der Waals surface area contributed by atoms with Crippen LogP contribution in [-0.2, 0) is 20.7 Å². The Morgan fingerprint density at radius 1 is 1.22 bits per heavy atom. The van der Waals surface area contributed by atoms with Crippen LogP contribution in [0.3, 0.4) is 0 Å². The predicted molar refractivity (Wildman–Crippen MR) is 104 cm³/mol. The first kappa shape index (κ1) is 21.0. The fourth-order valence-electron chi connectivity index (χ4n) is 2.11. The quantitative estimate of drug-likeness (QED) is 0.382. The van der Waals surface area contributed by atoms with Crippen molar-refractivity contribution in [1.82, 2.24) is 10.2 Å². The molecule has 2 rings (SSSR count). The largest absolute Gasteiger partial charge is 0.493 e. The molecule has 1 aromatic carbocycles. The lowest BCUT2D eigenvalue weighted by Crippen LogP contribution is -2.16. The second-order valence-electron chi connectivity index (χ2n) is 5.30. The Morgan fingerprint density at radius 3 is 2.63 bits per heavy atom. The third kappa shape index (κ3) is 6.10. The molecule has 0 saturated heterocycles. The molecule has 0 aliphatic heterocycles. The van der Waals surface area contributed by atoms with E-state index in [1.807, 2.05) is 0 Å². The molecular formula is C17H21N3O5S2. The van der Waals surface area contributed by atoms with Crippen molar-refractivity contribution in [1.29, 1.82) is 0 Å². The standard InChI is InChI=1S/C17H21N3O5S2/c1-5-25-15(22)10(2)26-17-20-19-16(27-17)18-14(21)9-11-6-7-12(23-3)13(8-11)24-4/h6-8,10H,5,9H2,1-4H3,(H,18,19,21). The van der Waals surface area contributed by atoms with Crippen LogP contribution in [0.5, 0.6) is 11.5 Å². The number of aromatic nitrogens is 2. The molecule has 146 valence electrons. The highest BCUT2D eigenvalue weighted by molar-refractivity contribution is 8.02. The van der Waals surface area contributed by atoms with Crippen LogP contribution in [0.15, 0.2) is 22.5 Å². The van der Waals surface area contributed by atoms with Gasteiger partial charge in [0.1, 0.15) is 5.25 Å². The molecule has 1 atom stereocenters. The van der Waals surface area contributed by atoms with Gasteiger partial charge in [0.2, 0.25) is 11.0 Å². The molecule has 1 heterocycles. The molecule has 0 saturated carbocycles. The van der Waals surface area contributed by atoms with Gasteiger partial charge in [-0.15, -0.1) is 10.2 Å². The number of nitrogens with one attached hydrogen (secondary N) is 1. The highest BCUT2D eigenvalue weighted by Crippen LogP contribution is 2.30. The van der Waals surface area contributed by atoms with Crippen molar-refractivity contribution in [3.05, 3.63) is 23.8 Å². The SMILES string of the molecule is CCOC(=O)C(C)Sc1nnc(NC(=O)Cc2ccc(OC)c(OC)c2)s1. The minimum atomic E-state index is -0.395. The second kappa shape index (κ2) is 10.1. The van der Waals surface area contributed by atoms with Gasteiger partial charge < -0.3 is 19.5 Å². The summed E-state index contributed by atoms with van der Waals surface area (Å²) in [6.45, 7) is 3.82. The van der Waals surface area contributed by atoms with Crippen LogP contribution < -0.4 is 14.8 Å². The molecular weight excluding hydrogens is 390 g/mol. The Bertz CT molecular complexity index is 797. The van der Waals surface area contributed by atoms with E-state index in [1.54, 1.807) is 46.3 Å². The zero-order valence-corrected chi connectivity index (χ0v) is 17.1. The van der Waals surface area contributed by atoms with Gasteiger partial charge in [-0.05, 0) is 31.5 Å². The van der Waals surface area contributed by atoms with Crippen molar-refractivity contribution >= 4 is 40.1 Å². The fourth-order valence-corrected chi connectivity index (χ4v) is 4.02. The Hall–Kier alpha value is -2.33. The average Bonchev–Trinajstić information content (AvgIpc) is 3.08. The van der Waals surface area contributed by atoms with E-state index in [2.05, 4.69) is 15.5 Å². The smallest absolute Gasteiger partial charge is 0.319 e.